The molecule has 0 unspecified atom stereocenters. The number of rotatable bonds is 4. The van der Waals surface area contributed by atoms with Crippen LogP contribution in [-0.4, -0.2) is 28.3 Å². The second-order valence-corrected chi connectivity index (χ2v) is 5.58. The third kappa shape index (κ3) is 3.56. The van der Waals surface area contributed by atoms with Crippen molar-refractivity contribution in [2.75, 3.05) is 6.54 Å². The van der Waals surface area contributed by atoms with Gasteiger partial charge in [-0.1, -0.05) is 18.5 Å². The maximum absolute atomic E-state index is 11.8. The Hall–Kier alpha value is -1.36. The molecule has 1 aliphatic carbocycles. The fourth-order valence-electron chi connectivity index (χ4n) is 2.61. The second kappa shape index (κ2) is 5.74. The van der Waals surface area contributed by atoms with E-state index < -0.39 is 5.60 Å². The molecule has 1 fully saturated rings. The lowest BCUT2D eigenvalue weighted by atomic mass is 9.78. The van der Waals surface area contributed by atoms with E-state index in [1.807, 2.05) is 0 Å². The highest BCUT2D eigenvalue weighted by Crippen LogP contribution is 2.33. The molecule has 5 heteroatoms. The van der Waals surface area contributed by atoms with Crippen molar-refractivity contribution in [3.63, 3.8) is 0 Å². The first-order chi connectivity index (χ1) is 9.02. The Bertz CT molecular complexity index is 434. The molecule has 1 amide bonds. The predicted octanol–water partition coefficient (Wildman–Crippen LogP) is 2.04. The van der Waals surface area contributed by atoms with Crippen LogP contribution >= 0.6 is 0 Å². The van der Waals surface area contributed by atoms with Crippen LogP contribution in [0.15, 0.2) is 10.6 Å². The van der Waals surface area contributed by atoms with Crippen LogP contribution in [-0.2, 0) is 0 Å². The van der Waals surface area contributed by atoms with Crippen LogP contribution in [0.3, 0.4) is 0 Å². The normalized spacial score (nSPS) is 27.2. The van der Waals surface area contributed by atoms with Crippen molar-refractivity contribution in [2.24, 2.45) is 5.92 Å². The Morgan fingerprint density at radius 3 is 2.79 bits per heavy atom. The Balaban J connectivity index is 1.83. The van der Waals surface area contributed by atoms with Gasteiger partial charge in [0.2, 0.25) is 0 Å². The minimum absolute atomic E-state index is 0.267. The number of nitrogens with zero attached hydrogens (tertiary/aromatic N) is 1. The molecule has 0 spiro atoms. The van der Waals surface area contributed by atoms with E-state index in [0.717, 1.165) is 25.7 Å². The molecule has 0 aliphatic heterocycles. The first-order valence-electron chi connectivity index (χ1n) is 6.96. The van der Waals surface area contributed by atoms with Gasteiger partial charge in [-0.2, -0.15) is 0 Å². The van der Waals surface area contributed by atoms with Gasteiger partial charge in [-0.3, -0.25) is 4.79 Å². The van der Waals surface area contributed by atoms with E-state index in [9.17, 15) is 9.90 Å². The third-order valence-corrected chi connectivity index (χ3v) is 4.05. The summed E-state index contributed by atoms with van der Waals surface area (Å²) >= 11 is 0. The summed E-state index contributed by atoms with van der Waals surface area (Å²) in [6.07, 6.45) is 4.74. The SMILES string of the molecule is CCC1CCC(O)(CNC(=O)c2cc(C)on2)CC1. The van der Waals surface area contributed by atoms with E-state index in [0.29, 0.717) is 11.7 Å². The second-order valence-electron chi connectivity index (χ2n) is 5.58. The summed E-state index contributed by atoms with van der Waals surface area (Å²) in [6, 6.07) is 1.59. The quantitative estimate of drug-likeness (QED) is 0.874. The summed E-state index contributed by atoms with van der Waals surface area (Å²) in [6.45, 7) is 4.21. The van der Waals surface area contributed by atoms with Crippen molar-refractivity contribution in [3.05, 3.63) is 17.5 Å². The average molecular weight is 266 g/mol. The van der Waals surface area contributed by atoms with Gasteiger partial charge in [0.05, 0.1) is 5.60 Å². The zero-order chi connectivity index (χ0) is 13.9. The molecule has 1 heterocycles. The molecule has 1 saturated carbocycles. The van der Waals surface area contributed by atoms with Crippen molar-refractivity contribution >= 4 is 5.91 Å². The van der Waals surface area contributed by atoms with E-state index >= 15 is 0 Å². The van der Waals surface area contributed by atoms with Gasteiger partial charge in [0.15, 0.2) is 5.69 Å². The molecule has 5 nitrogen and oxygen atoms in total. The molecular weight excluding hydrogens is 244 g/mol. The van der Waals surface area contributed by atoms with Crippen LogP contribution in [0, 0.1) is 12.8 Å². The van der Waals surface area contributed by atoms with Crippen LogP contribution in [0.5, 0.6) is 0 Å². The number of aromatic nitrogens is 1. The van der Waals surface area contributed by atoms with Crippen LogP contribution in [0.25, 0.3) is 0 Å². The van der Waals surface area contributed by atoms with Gasteiger partial charge in [-0.15, -0.1) is 0 Å². The molecule has 0 aromatic carbocycles. The highest BCUT2D eigenvalue weighted by atomic mass is 16.5. The monoisotopic (exact) mass is 266 g/mol. The highest BCUT2D eigenvalue weighted by molar-refractivity contribution is 5.92. The summed E-state index contributed by atoms with van der Waals surface area (Å²) in [5.74, 6) is 1.03. The maximum atomic E-state index is 11.8. The standard InChI is InChI=1S/C14H22N2O3/c1-3-11-4-6-14(18,7-5-11)9-15-13(17)12-8-10(2)19-16-12/h8,11,18H,3-7,9H2,1-2H3,(H,15,17). The molecule has 19 heavy (non-hydrogen) atoms. The zero-order valence-corrected chi connectivity index (χ0v) is 11.6. The molecule has 0 atom stereocenters. The fraction of sp³-hybridized carbons (Fsp3) is 0.714. The number of amides is 1. The van der Waals surface area contributed by atoms with E-state index in [4.69, 9.17) is 4.52 Å². The fourth-order valence-corrected chi connectivity index (χ4v) is 2.61. The maximum Gasteiger partial charge on any atom is 0.273 e. The zero-order valence-electron chi connectivity index (χ0n) is 11.6. The van der Waals surface area contributed by atoms with Crippen molar-refractivity contribution in [2.45, 2.75) is 51.6 Å². The molecule has 1 aromatic rings. The number of hydrogen-bond acceptors (Lipinski definition) is 4. The summed E-state index contributed by atoms with van der Waals surface area (Å²) in [4.78, 5) is 11.8. The van der Waals surface area contributed by atoms with Crippen LogP contribution in [0.4, 0.5) is 0 Å². The van der Waals surface area contributed by atoms with Crippen LogP contribution < -0.4 is 5.32 Å². The molecule has 1 aliphatic rings. The van der Waals surface area contributed by atoms with E-state index in [1.165, 1.54) is 6.42 Å². The molecule has 0 saturated heterocycles. The molecule has 1 aromatic heterocycles. The predicted molar refractivity (Wildman–Crippen MR) is 70.8 cm³/mol. The van der Waals surface area contributed by atoms with Gasteiger partial charge < -0.3 is 14.9 Å². The molecule has 106 valence electrons. The lowest BCUT2D eigenvalue weighted by molar-refractivity contribution is -0.00792. The number of carbonyl (C=O) groups excluding carboxylic acids is 1. The Kier molecular flexibility index (Phi) is 4.24. The van der Waals surface area contributed by atoms with Crippen molar-refractivity contribution < 1.29 is 14.4 Å². The number of aliphatic hydroxyl groups is 1. The average Bonchev–Trinajstić information content (AvgIpc) is 2.84. The smallest absolute Gasteiger partial charge is 0.273 e. The minimum atomic E-state index is -0.764. The van der Waals surface area contributed by atoms with E-state index in [-0.39, 0.29) is 18.1 Å². The minimum Gasteiger partial charge on any atom is -0.388 e. The van der Waals surface area contributed by atoms with Gasteiger partial charge >= 0.3 is 0 Å². The van der Waals surface area contributed by atoms with E-state index in [2.05, 4.69) is 17.4 Å². The van der Waals surface area contributed by atoms with Gasteiger partial charge in [-0.25, -0.2) is 0 Å². The molecule has 0 bridgehead atoms. The van der Waals surface area contributed by atoms with Crippen molar-refractivity contribution in [1.82, 2.24) is 10.5 Å². The van der Waals surface area contributed by atoms with Gasteiger partial charge in [0.25, 0.3) is 5.91 Å². The van der Waals surface area contributed by atoms with Gasteiger partial charge in [0.1, 0.15) is 5.76 Å². The van der Waals surface area contributed by atoms with E-state index in [1.54, 1.807) is 13.0 Å². The summed E-state index contributed by atoms with van der Waals surface area (Å²) < 4.78 is 4.86. The molecule has 2 rings (SSSR count). The summed E-state index contributed by atoms with van der Waals surface area (Å²) in [5.41, 5.74) is -0.497. The molecule has 0 radical (unpaired) electrons. The Labute approximate surface area is 113 Å². The lowest BCUT2D eigenvalue weighted by Crippen LogP contribution is -2.45. The third-order valence-electron chi connectivity index (χ3n) is 4.05. The molecule has 2 N–H and O–H groups in total. The first-order valence-corrected chi connectivity index (χ1v) is 6.96. The largest absolute Gasteiger partial charge is 0.388 e. The van der Waals surface area contributed by atoms with Crippen molar-refractivity contribution in [3.8, 4) is 0 Å². The number of aryl methyl sites for hydroxylation is 1. The number of nitrogens with one attached hydrogen (secondary N) is 1. The van der Waals surface area contributed by atoms with Gasteiger partial charge in [-0.05, 0) is 38.5 Å². The number of carbonyl (C=O) groups is 1. The summed E-state index contributed by atoms with van der Waals surface area (Å²) in [7, 11) is 0. The topological polar surface area (TPSA) is 75.4 Å². The van der Waals surface area contributed by atoms with Gasteiger partial charge in [0, 0.05) is 12.6 Å². The highest BCUT2D eigenvalue weighted by Gasteiger charge is 2.33. The molecular formula is C14H22N2O3. The number of hydrogen-bond donors (Lipinski definition) is 2. The first kappa shape index (κ1) is 14.1. The Morgan fingerprint density at radius 1 is 1.58 bits per heavy atom. The van der Waals surface area contributed by atoms with Crippen molar-refractivity contribution in [1.29, 1.82) is 0 Å². The lowest BCUT2D eigenvalue weighted by Gasteiger charge is -2.35. The van der Waals surface area contributed by atoms with Crippen LogP contribution in [0.1, 0.15) is 55.3 Å². The van der Waals surface area contributed by atoms with Crippen LogP contribution in [0.2, 0.25) is 0 Å². The summed E-state index contributed by atoms with van der Waals surface area (Å²) in [5, 5.41) is 16.8. The Morgan fingerprint density at radius 2 is 2.26 bits per heavy atom.